The number of aromatic nitrogens is 2. The zero-order valence-electron chi connectivity index (χ0n) is 8.61. The van der Waals surface area contributed by atoms with E-state index in [9.17, 15) is 4.39 Å². The Morgan fingerprint density at radius 3 is 2.65 bits per heavy atom. The maximum atomic E-state index is 13.3. The Morgan fingerprint density at radius 1 is 1.18 bits per heavy atom. The maximum absolute atomic E-state index is 13.3. The smallest absolute Gasteiger partial charge is 0.145 e. The lowest BCUT2D eigenvalue weighted by molar-refractivity contribution is 0.622. The van der Waals surface area contributed by atoms with Gasteiger partial charge in [0, 0.05) is 11.8 Å². The minimum atomic E-state index is -0.346. The highest BCUT2D eigenvalue weighted by Crippen LogP contribution is 2.22. The highest BCUT2D eigenvalue weighted by molar-refractivity contribution is 9.10. The van der Waals surface area contributed by atoms with Gasteiger partial charge in [0.2, 0.25) is 0 Å². The maximum Gasteiger partial charge on any atom is 0.145 e. The Bertz CT molecular complexity index is 534. The van der Waals surface area contributed by atoms with Crippen molar-refractivity contribution in [1.29, 1.82) is 0 Å². The lowest BCUT2D eigenvalue weighted by Gasteiger charge is -2.07. The van der Waals surface area contributed by atoms with Crippen molar-refractivity contribution in [1.82, 2.24) is 9.97 Å². The number of nitrogen functional groups attached to an aromatic ring is 1. The Hall–Kier alpha value is -1.73. The Morgan fingerprint density at radius 2 is 1.94 bits per heavy atom. The molecule has 5 nitrogen and oxygen atoms in total. The topological polar surface area (TPSA) is 75.9 Å². The van der Waals surface area contributed by atoms with Crippen LogP contribution in [0.1, 0.15) is 0 Å². The summed E-state index contributed by atoms with van der Waals surface area (Å²) in [7, 11) is 0. The summed E-state index contributed by atoms with van der Waals surface area (Å²) in [5.74, 6) is 5.87. The number of rotatable bonds is 3. The monoisotopic (exact) mass is 297 g/mol. The van der Waals surface area contributed by atoms with Crippen LogP contribution < -0.4 is 16.6 Å². The summed E-state index contributed by atoms with van der Waals surface area (Å²) in [6, 6.07) is 6.31. The average Bonchev–Trinajstić information content (AvgIpc) is 2.34. The first-order valence-corrected chi connectivity index (χ1v) is 5.49. The molecule has 0 atom stereocenters. The van der Waals surface area contributed by atoms with Crippen LogP contribution in [0.5, 0.6) is 0 Å². The molecule has 1 aromatic heterocycles. The van der Waals surface area contributed by atoms with Crippen molar-refractivity contribution < 1.29 is 4.39 Å². The number of hydrogen-bond donors (Lipinski definition) is 3. The molecular weight excluding hydrogens is 289 g/mol. The van der Waals surface area contributed by atoms with Crippen molar-refractivity contribution >= 4 is 33.3 Å². The van der Waals surface area contributed by atoms with E-state index < -0.39 is 0 Å². The van der Waals surface area contributed by atoms with Gasteiger partial charge in [0.1, 0.15) is 23.8 Å². The van der Waals surface area contributed by atoms with Gasteiger partial charge in [-0.3, -0.25) is 0 Å². The molecule has 0 aliphatic rings. The quantitative estimate of drug-likeness (QED) is 0.599. The number of hydrogen-bond acceptors (Lipinski definition) is 5. The van der Waals surface area contributed by atoms with Crippen molar-refractivity contribution in [2.24, 2.45) is 5.84 Å². The minimum absolute atomic E-state index is 0.346. The Labute approximate surface area is 105 Å². The van der Waals surface area contributed by atoms with E-state index in [0.717, 1.165) is 0 Å². The van der Waals surface area contributed by atoms with Gasteiger partial charge >= 0.3 is 0 Å². The van der Waals surface area contributed by atoms with Crippen LogP contribution in [0.3, 0.4) is 0 Å². The van der Waals surface area contributed by atoms with E-state index in [2.05, 4.69) is 36.6 Å². The summed E-state index contributed by atoms with van der Waals surface area (Å²) in [6.07, 6.45) is 1.35. The highest BCUT2D eigenvalue weighted by atomic mass is 79.9. The van der Waals surface area contributed by atoms with Crippen LogP contribution in [-0.2, 0) is 0 Å². The summed E-state index contributed by atoms with van der Waals surface area (Å²) in [5.41, 5.74) is 2.99. The molecule has 1 heterocycles. The standard InChI is InChI=1S/C10H9BrFN5/c11-7-2-1-6(3-8(7)12)16-9-4-10(17-13)15-5-14-9/h1-5H,13H2,(H2,14,15,16,17). The lowest BCUT2D eigenvalue weighted by atomic mass is 10.3. The molecule has 0 amide bonds. The molecule has 0 aliphatic carbocycles. The number of anilines is 3. The normalized spacial score (nSPS) is 10.1. The average molecular weight is 298 g/mol. The first-order valence-electron chi connectivity index (χ1n) is 4.70. The summed E-state index contributed by atoms with van der Waals surface area (Å²) in [5, 5.41) is 2.94. The van der Waals surface area contributed by atoms with E-state index >= 15 is 0 Å². The van der Waals surface area contributed by atoms with Crippen molar-refractivity contribution in [3.63, 3.8) is 0 Å². The molecule has 0 unspecified atom stereocenters. The van der Waals surface area contributed by atoms with Crippen molar-refractivity contribution in [3.05, 3.63) is 40.9 Å². The highest BCUT2D eigenvalue weighted by Gasteiger charge is 2.02. The van der Waals surface area contributed by atoms with Crippen molar-refractivity contribution in [2.45, 2.75) is 0 Å². The first-order chi connectivity index (χ1) is 8.19. The molecule has 0 saturated carbocycles. The van der Waals surface area contributed by atoms with Crippen molar-refractivity contribution in [2.75, 3.05) is 10.7 Å². The van der Waals surface area contributed by atoms with Gasteiger partial charge in [-0.05, 0) is 34.1 Å². The fraction of sp³-hybridized carbons (Fsp3) is 0. The lowest BCUT2D eigenvalue weighted by Crippen LogP contribution is -2.09. The second-order valence-corrected chi connectivity index (χ2v) is 4.04. The van der Waals surface area contributed by atoms with Crippen LogP contribution in [0, 0.1) is 5.82 Å². The number of nitrogens with two attached hydrogens (primary N) is 1. The SMILES string of the molecule is NNc1cc(Nc2ccc(Br)c(F)c2)ncn1. The van der Waals surface area contributed by atoms with E-state index in [4.69, 9.17) is 5.84 Å². The number of nitrogens with zero attached hydrogens (tertiary/aromatic N) is 2. The van der Waals surface area contributed by atoms with Crippen LogP contribution >= 0.6 is 15.9 Å². The molecular formula is C10H9BrFN5. The van der Waals surface area contributed by atoms with Crippen LogP contribution in [0.25, 0.3) is 0 Å². The van der Waals surface area contributed by atoms with Gasteiger partial charge in [0.15, 0.2) is 0 Å². The molecule has 0 bridgehead atoms. The van der Waals surface area contributed by atoms with Crippen LogP contribution in [0.4, 0.5) is 21.7 Å². The van der Waals surface area contributed by atoms with Gasteiger partial charge in [-0.25, -0.2) is 20.2 Å². The van der Waals surface area contributed by atoms with Gasteiger partial charge < -0.3 is 10.7 Å². The third kappa shape index (κ3) is 2.89. The number of halogens is 2. The number of hydrazine groups is 1. The number of benzene rings is 1. The Kier molecular flexibility index (Phi) is 3.50. The molecule has 17 heavy (non-hydrogen) atoms. The van der Waals surface area contributed by atoms with Gasteiger partial charge in [-0.2, -0.15) is 0 Å². The molecule has 0 spiro atoms. The van der Waals surface area contributed by atoms with E-state index in [0.29, 0.717) is 21.8 Å². The first kappa shape index (κ1) is 11.7. The molecule has 0 radical (unpaired) electrons. The molecule has 7 heteroatoms. The predicted molar refractivity (Wildman–Crippen MR) is 67.2 cm³/mol. The molecule has 2 aromatic rings. The van der Waals surface area contributed by atoms with Crippen LogP contribution in [0.15, 0.2) is 35.1 Å². The van der Waals surface area contributed by atoms with Crippen LogP contribution in [0.2, 0.25) is 0 Å². The molecule has 4 N–H and O–H groups in total. The zero-order chi connectivity index (χ0) is 12.3. The predicted octanol–water partition coefficient (Wildman–Crippen LogP) is 2.41. The third-order valence-electron chi connectivity index (χ3n) is 2.01. The molecule has 0 saturated heterocycles. The summed E-state index contributed by atoms with van der Waals surface area (Å²) < 4.78 is 13.7. The zero-order valence-corrected chi connectivity index (χ0v) is 10.2. The van der Waals surface area contributed by atoms with E-state index in [-0.39, 0.29) is 5.82 Å². The summed E-state index contributed by atoms with van der Waals surface area (Å²) in [4.78, 5) is 7.85. The van der Waals surface area contributed by atoms with Crippen LogP contribution in [-0.4, -0.2) is 9.97 Å². The summed E-state index contributed by atoms with van der Waals surface area (Å²) in [6.45, 7) is 0. The van der Waals surface area contributed by atoms with Crippen molar-refractivity contribution in [3.8, 4) is 0 Å². The van der Waals surface area contributed by atoms with E-state index in [1.165, 1.54) is 12.4 Å². The van der Waals surface area contributed by atoms with E-state index in [1.807, 2.05) is 0 Å². The van der Waals surface area contributed by atoms with Gasteiger partial charge in [0.05, 0.1) is 4.47 Å². The minimum Gasteiger partial charge on any atom is -0.340 e. The summed E-state index contributed by atoms with van der Waals surface area (Å²) >= 11 is 3.08. The largest absolute Gasteiger partial charge is 0.340 e. The third-order valence-corrected chi connectivity index (χ3v) is 2.65. The Balaban J connectivity index is 2.22. The second kappa shape index (κ2) is 5.07. The fourth-order valence-corrected chi connectivity index (χ4v) is 1.47. The molecule has 2 rings (SSSR count). The van der Waals surface area contributed by atoms with Gasteiger partial charge in [-0.1, -0.05) is 0 Å². The molecule has 0 aliphatic heterocycles. The number of nitrogens with one attached hydrogen (secondary N) is 2. The molecule has 0 fully saturated rings. The molecule has 88 valence electrons. The van der Waals surface area contributed by atoms with E-state index in [1.54, 1.807) is 18.2 Å². The fourth-order valence-electron chi connectivity index (χ4n) is 1.23. The molecule has 1 aromatic carbocycles. The van der Waals surface area contributed by atoms with Gasteiger partial charge in [0.25, 0.3) is 0 Å². The van der Waals surface area contributed by atoms with Gasteiger partial charge in [-0.15, -0.1) is 0 Å². The second-order valence-electron chi connectivity index (χ2n) is 3.19.